The Bertz CT molecular complexity index is 1370. The topological polar surface area (TPSA) is 101 Å². The molecule has 1 aliphatic heterocycles. The van der Waals surface area contributed by atoms with Crippen LogP contribution in [0.2, 0.25) is 0 Å². The van der Waals surface area contributed by atoms with Gasteiger partial charge in [-0.25, -0.2) is 4.98 Å². The van der Waals surface area contributed by atoms with Crippen LogP contribution < -0.4 is 14.5 Å². The highest BCUT2D eigenvalue weighted by Gasteiger charge is 2.28. The molecule has 0 radical (unpaired) electrons. The molecule has 0 spiro atoms. The fraction of sp³-hybridized carbons (Fsp3) is 0.407. The lowest BCUT2D eigenvalue weighted by Crippen LogP contribution is -2.29. The van der Waals surface area contributed by atoms with Crippen molar-refractivity contribution >= 4 is 56.5 Å². The number of nitrogens with zero attached hydrogens (tertiary/aromatic N) is 5. The predicted octanol–water partition coefficient (Wildman–Crippen LogP) is 4.96. The average molecular weight is 568 g/mol. The van der Waals surface area contributed by atoms with Gasteiger partial charge in [0.2, 0.25) is 0 Å². The third kappa shape index (κ3) is 5.57. The molecule has 0 bridgehead atoms. The van der Waals surface area contributed by atoms with Gasteiger partial charge < -0.3 is 14.7 Å². The molecule has 9 nitrogen and oxygen atoms in total. The van der Waals surface area contributed by atoms with E-state index in [1.807, 2.05) is 32.2 Å². The highest BCUT2D eigenvalue weighted by molar-refractivity contribution is 9.10. The molecular formula is C27H30BrN5O4. The highest BCUT2D eigenvalue weighted by atomic mass is 79.9. The smallest absolute Gasteiger partial charge is 0.308 e. The van der Waals surface area contributed by atoms with Gasteiger partial charge >= 0.3 is 5.91 Å². The predicted molar refractivity (Wildman–Crippen MR) is 146 cm³/mol. The van der Waals surface area contributed by atoms with Crippen molar-refractivity contribution in [3.05, 3.63) is 34.3 Å². The van der Waals surface area contributed by atoms with Crippen LogP contribution in [-0.4, -0.2) is 51.4 Å². The Morgan fingerprint density at radius 1 is 1.24 bits per heavy atom. The zero-order valence-electron chi connectivity index (χ0n) is 21.2. The van der Waals surface area contributed by atoms with Crippen LogP contribution >= 0.6 is 15.9 Å². The molecule has 5 rings (SSSR count). The van der Waals surface area contributed by atoms with Crippen molar-refractivity contribution in [1.29, 1.82) is 0 Å². The summed E-state index contributed by atoms with van der Waals surface area (Å²) in [5.74, 6) is 6.20. The number of pyridine rings is 1. The molecule has 2 aromatic heterocycles. The lowest BCUT2D eigenvalue weighted by molar-refractivity contribution is -0.122. The van der Waals surface area contributed by atoms with E-state index in [0.29, 0.717) is 17.2 Å². The lowest BCUT2D eigenvalue weighted by Gasteiger charge is -2.28. The van der Waals surface area contributed by atoms with E-state index >= 15 is 0 Å². The normalized spacial score (nSPS) is 14.8. The molecule has 10 heteroatoms. The summed E-state index contributed by atoms with van der Waals surface area (Å²) >= 11 is 3.68. The molecule has 3 aromatic rings. The fourth-order valence-corrected chi connectivity index (χ4v) is 4.83. The van der Waals surface area contributed by atoms with E-state index in [1.54, 1.807) is 16.5 Å². The second-order valence-corrected chi connectivity index (χ2v) is 9.90. The first-order valence-corrected chi connectivity index (χ1v) is 13.1. The summed E-state index contributed by atoms with van der Waals surface area (Å²) in [6, 6.07) is 7.94. The fourth-order valence-electron chi connectivity index (χ4n) is 4.49. The molecule has 0 atom stereocenters. The van der Waals surface area contributed by atoms with Crippen LogP contribution in [0.4, 0.5) is 17.2 Å². The number of aromatic nitrogens is 3. The van der Waals surface area contributed by atoms with Crippen molar-refractivity contribution in [2.75, 3.05) is 22.9 Å². The van der Waals surface area contributed by atoms with Crippen LogP contribution in [0.5, 0.6) is 5.88 Å². The first kappa shape index (κ1) is 26.5. The van der Waals surface area contributed by atoms with E-state index in [4.69, 9.17) is 19.6 Å². The maximum Gasteiger partial charge on any atom is 0.308 e. The molecule has 194 valence electrons. The van der Waals surface area contributed by atoms with Crippen molar-refractivity contribution in [1.82, 2.24) is 14.8 Å². The minimum absolute atomic E-state index is 0.183. The zero-order chi connectivity index (χ0) is 26.5. The Morgan fingerprint density at radius 2 is 1.95 bits per heavy atom. The minimum atomic E-state index is -0.318. The van der Waals surface area contributed by atoms with Gasteiger partial charge in [-0.2, -0.15) is 0 Å². The quantitative estimate of drug-likeness (QED) is 0.343. The summed E-state index contributed by atoms with van der Waals surface area (Å²) in [4.78, 5) is 30.6. The number of ether oxygens (including phenoxy) is 1. The summed E-state index contributed by atoms with van der Waals surface area (Å²) in [6.45, 7) is 5.36. The first-order chi connectivity index (χ1) is 17.9. The maximum atomic E-state index is 13.4. The lowest BCUT2D eigenvalue weighted by atomic mass is 9.96. The number of rotatable bonds is 5. The van der Waals surface area contributed by atoms with E-state index < -0.39 is 0 Å². The standard InChI is InChI=1S/C26H28BrN5O2.CH2O2/c1-4-8-24(33)32(22-15-17(2)19(27)16-21(22)31-13-5-6-14-31)23-12-11-20-25(28-23)26(29-30(20)3)34-18-9-7-10-18;2-1-3/h11-12,15-16,18H,5-7,9-10,13-14H2,1-3H3;1H,(H,2,3). The summed E-state index contributed by atoms with van der Waals surface area (Å²) in [5, 5.41) is 11.4. The SMILES string of the molecule is CC#CC(=O)N(c1ccc2c(n1)c(OC1CCC1)nn2C)c1cc(C)c(Br)cc1N1CCCC1.O=CO. The monoisotopic (exact) mass is 567 g/mol. The summed E-state index contributed by atoms with van der Waals surface area (Å²) in [6.07, 6.45) is 5.69. The second-order valence-electron chi connectivity index (χ2n) is 9.04. The van der Waals surface area contributed by atoms with Gasteiger partial charge in [-0.3, -0.25) is 19.2 Å². The van der Waals surface area contributed by atoms with E-state index in [0.717, 1.165) is 65.7 Å². The van der Waals surface area contributed by atoms with Crippen LogP contribution in [0.3, 0.4) is 0 Å². The molecule has 1 amide bonds. The van der Waals surface area contributed by atoms with E-state index in [2.05, 4.69) is 43.8 Å². The molecule has 2 fully saturated rings. The van der Waals surface area contributed by atoms with Crippen LogP contribution in [0.15, 0.2) is 28.7 Å². The number of amides is 1. The maximum absolute atomic E-state index is 13.4. The molecular weight excluding hydrogens is 538 g/mol. The number of benzene rings is 1. The van der Waals surface area contributed by atoms with Crippen molar-refractivity contribution in [2.45, 2.75) is 52.1 Å². The Balaban J connectivity index is 0.00000102. The largest absolute Gasteiger partial charge is 0.483 e. The number of carbonyl (C=O) groups excluding carboxylic acids is 1. The van der Waals surface area contributed by atoms with Crippen molar-refractivity contribution in [2.24, 2.45) is 7.05 Å². The number of hydrogen-bond donors (Lipinski definition) is 1. The van der Waals surface area contributed by atoms with Gasteiger partial charge in [0, 0.05) is 24.6 Å². The summed E-state index contributed by atoms with van der Waals surface area (Å²) in [5.41, 5.74) is 4.34. The second kappa shape index (κ2) is 11.6. The number of fused-ring (bicyclic) bond motifs is 1. The number of anilines is 3. The average Bonchev–Trinajstić information content (AvgIpc) is 3.48. The summed E-state index contributed by atoms with van der Waals surface area (Å²) in [7, 11) is 1.88. The van der Waals surface area contributed by atoms with E-state index in [1.165, 1.54) is 6.42 Å². The first-order valence-electron chi connectivity index (χ1n) is 12.3. The third-order valence-electron chi connectivity index (χ3n) is 6.59. The molecule has 37 heavy (non-hydrogen) atoms. The van der Waals surface area contributed by atoms with Crippen molar-refractivity contribution in [3.63, 3.8) is 0 Å². The zero-order valence-corrected chi connectivity index (χ0v) is 22.8. The third-order valence-corrected chi connectivity index (χ3v) is 7.44. The Hall–Kier alpha value is -3.58. The molecule has 1 N–H and O–H groups in total. The van der Waals surface area contributed by atoms with Gasteiger partial charge in [0.15, 0.2) is 5.52 Å². The number of carbonyl (C=O) groups is 2. The van der Waals surface area contributed by atoms with E-state index in [9.17, 15) is 4.79 Å². The van der Waals surface area contributed by atoms with Gasteiger partial charge in [-0.05, 0) is 81.7 Å². The number of hydrogen-bond acceptors (Lipinski definition) is 6. The van der Waals surface area contributed by atoms with Gasteiger partial charge in [0.05, 0.1) is 16.9 Å². The Morgan fingerprint density at radius 3 is 2.57 bits per heavy atom. The van der Waals surface area contributed by atoms with Gasteiger partial charge in [0.25, 0.3) is 12.4 Å². The van der Waals surface area contributed by atoms with E-state index in [-0.39, 0.29) is 18.5 Å². The molecule has 1 saturated heterocycles. The molecule has 1 aliphatic carbocycles. The summed E-state index contributed by atoms with van der Waals surface area (Å²) < 4.78 is 8.92. The van der Waals surface area contributed by atoms with Gasteiger partial charge in [0.1, 0.15) is 11.9 Å². The number of carboxylic acid groups (broad SMARTS) is 1. The Labute approximate surface area is 224 Å². The van der Waals surface area contributed by atoms with Gasteiger partial charge in [-0.1, -0.05) is 21.9 Å². The van der Waals surface area contributed by atoms with Crippen LogP contribution in [-0.2, 0) is 16.6 Å². The minimum Gasteiger partial charge on any atom is -0.483 e. The van der Waals surface area contributed by atoms with Crippen molar-refractivity contribution < 1.29 is 19.4 Å². The molecule has 1 aromatic carbocycles. The van der Waals surface area contributed by atoms with Crippen molar-refractivity contribution in [3.8, 4) is 17.7 Å². The van der Waals surface area contributed by atoms with Crippen LogP contribution in [0.25, 0.3) is 11.0 Å². The van der Waals surface area contributed by atoms with Crippen LogP contribution in [0.1, 0.15) is 44.6 Å². The number of aryl methyl sites for hydroxylation is 2. The Kier molecular flexibility index (Phi) is 8.34. The molecule has 2 aliphatic rings. The molecule has 3 heterocycles. The van der Waals surface area contributed by atoms with Crippen LogP contribution in [0, 0.1) is 18.8 Å². The number of halogens is 1. The van der Waals surface area contributed by atoms with Gasteiger partial charge in [-0.15, -0.1) is 5.10 Å². The highest BCUT2D eigenvalue weighted by Crippen LogP contribution is 2.40. The molecule has 1 saturated carbocycles. The molecule has 0 unspecified atom stereocenters.